The van der Waals surface area contributed by atoms with Crippen molar-refractivity contribution in [2.24, 2.45) is 11.8 Å². The second kappa shape index (κ2) is 8.20. The highest BCUT2D eigenvalue weighted by Crippen LogP contribution is 2.49. The van der Waals surface area contributed by atoms with E-state index in [1.54, 1.807) is 6.07 Å². The van der Waals surface area contributed by atoms with Gasteiger partial charge in [0.05, 0.1) is 0 Å². The van der Waals surface area contributed by atoms with E-state index in [1.165, 1.54) is 31.7 Å². The lowest BCUT2D eigenvalue weighted by Crippen LogP contribution is -2.28. The van der Waals surface area contributed by atoms with Crippen molar-refractivity contribution in [3.63, 3.8) is 0 Å². The first-order valence-corrected chi connectivity index (χ1v) is 10.6. The lowest BCUT2D eigenvalue weighted by Gasteiger charge is -2.41. The zero-order valence-electron chi connectivity index (χ0n) is 16.9. The molecule has 162 valence electrons. The molecule has 4 rings (SSSR count). The fourth-order valence-electron chi connectivity index (χ4n) is 5.43. The molecule has 0 unspecified atom stereocenters. The van der Waals surface area contributed by atoms with E-state index in [0.29, 0.717) is 23.8 Å². The lowest BCUT2D eigenvalue weighted by molar-refractivity contribution is -0.275. The normalized spacial score (nSPS) is 23.6. The first kappa shape index (κ1) is 21.1. The molecular formula is C24H25F5O. The summed E-state index contributed by atoms with van der Waals surface area (Å²) in [6.45, 7) is 2.21. The fraction of sp³-hybridized carbons (Fsp3) is 0.500. The van der Waals surface area contributed by atoms with Crippen molar-refractivity contribution in [2.75, 3.05) is 0 Å². The second-order valence-corrected chi connectivity index (χ2v) is 8.56. The van der Waals surface area contributed by atoms with E-state index in [0.717, 1.165) is 36.5 Å². The van der Waals surface area contributed by atoms with E-state index >= 15 is 4.39 Å². The standard InChI is InChI=1S/C24H25F5O/c1-2-3-14-4-7-17-15(12-14)5-8-20-19(17)10-9-18(23(20)26)16-6-11-22(21(25)13-16)30-24(27,28)29/h6,9-11,13-15,17H,2-5,7-8,12H2,1H3/t14-,15-,17+/m1/s1. The summed E-state index contributed by atoms with van der Waals surface area (Å²) in [4.78, 5) is 0. The Morgan fingerprint density at radius 1 is 1.03 bits per heavy atom. The predicted octanol–water partition coefficient (Wildman–Crippen LogP) is 7.78. The van der Waals surface area contributed by atoms with Gasteiger partial charge in [-0.1, -0.05) is 38.0 Å². The molecule has 0 heterocycles. The van der Waals surface area contributed by atoms with Gasteiger partial charge in [0, 0.05) is 5.56 Å². The van der Waals surface area contributed by atoms with Gasteiger partial charge in [0.2, 0.25) is 0 Å². The van der Waals surface area contributed by atoms with Crippen molar-refractivity contribution < 1.29 is 26.7 Å². The van der Waals surface area contributed by atoms with E-state index in [4.69, 9.17) is 0 Å². The Labute approximate surface area is 173 Å². The van der Waals surface area contributed by atoms with E-state index in [-0.39, 0.29) is 16.9 Å². The SMILES string of the molecule is CCC[C@@H]1CC[C@@H]2c3ccc(-c4ccc(OC(F)(F)F)c(F)c4)c(F)c3CC[C@@H]2C1. The Kier molecular flexibility index (Phi) is 5.78. The molecule has 0 aromatic heterocycles. The molecule has 0 radical (unpaired) electrons. The molecule has 6 heteroatoms. The Hall–Kier alpha value is -2.11. The van der Waals surface area contributed by atoms with Crippen LogP contribution < -0.4 is 4.74 Å². The molecular weight excluding hydrogens is 399 g/mol. The highest BCUT2D eigenvalue weighted by molar-refractivity contribution is 5.67. The topological polar surface area (TPSA) is 9.23 Å². The highest BCUT2D eigenvalue weighted by atomic mass is 19.4. The number of hydrogen-bond donors (Lipinski definition) is 0. The highest BCUT2D eigenvalue weighted by Gasteiger charge is 2.36. The molecule has 0 bridgehead atoms. The van der Waals surface area contributed by atoms with Crippen LogP contribution in [0, 0.1) is 23.5 Å². The summed E-state index contributed by atoms with van der Waals surface area (Å²) < 4.78 is 70.2. The van der Waals surface area contributed by atoms with Gasteiger partial charge >= 0.3 is 6.36 Å². The van der Waals surface area contributed by atoms with Crippen LogP contribution in [-0.4, -0.2) is 6.36 Å². The van der Waals surface area contributed by atoms with Gasteiger partial charge in [-0.15, -0.1) is 13.2 Å². The summed E-state index contributed by atoms with van der Waals surface area (Å²) >= 11 is 0. The number of halogens is 5. The van der Waals surface area contributed by atoms with Gasteiger partial charge in [0.1, 0.15) is 5.82 Å². The maximum Gasteiger partial charge on any atom is 0.573 e. The molecule has 2 aliphatic carbocycles. The van der Waals surface area contributed by atoms with Crippen LogP contribution in [0.4, 0.5) is 22.0 Å². The van der Waals surface area contributed by atoms with Gasteiger partial charge in [0.25, 0.3) is 0 Å². The van der Waals surface area contributed by atoms with Crippen LogP contribution in [0.2, 0.25) is 0 Å². The predicted molar refractivity (Wildman–Crippen MR) is 105 cm³/mol. The zero-order valence-corrected chi connectivity index (χ0v) is 16.9. The van der Waals surface area contributed by atoms with E-state index in [2.05, 4.69) is 11.7 Å². The number of fused-ring (bicyclic) bond motifs is 3. The molecule has 1 fully saturated rings. The van der Waals surface area contributed by atoms with Crippen molar-refractivity contribution in [1.29, 1.82) is 0 Å². The number of alkyl halides is 3. The van der Waals surface area contributed by atoms with Gasteiger partial charge in [-0.3, -0.25) is 0 Å². The van der Waals surface area contributed by atoms with Crippen molar-refractivity contribution >= 4 is 0 Å². The minimum absolute atomic E-state index is 0.205. The summed E-state index contributed by atoms with van der Waals surface area (Å²) in [5, 5.41) is 0. The number of rotatable bonds is 4. The molecule has 2 aromatic carbocycles. The monoisotopic (exact) mass is 424 g/mol. The van der Waals surface area contributed by atoms with E-state index < -0.39 is 17.9 Å². The van der Waals surface area contributed by atoms with Gasteiger partial charge in [-0.25, -0.2) is 8.78 Å². The molecule has 0 aliphatic heterocycles. The van der Waals surface area contributed by atoms with Gasteiger partial charge in [0.15, 0.2) is 11.6 Å². The maximum absolute atomic E-state index is 15.4. The summed E-state index contributed by atoms with van der Waals surface area (Å²) in [6, 6.07) is 6.61. The zero-order chi connectivity index (χ0) is 21.5. The van der Waals surface area contributed by atoms with E-state index in [9.17, 15) is 17.6 Å². The number of ether oxygens (including phenoxy) is 1. The summed E-state index contributed by atoms with van der Waals surface area (Å²) in [7, 11) is 0. The molecule has 1 saturated carbocycles. The largest absolute Gasteiger partial charge is 0.573 e. The van der Waals surface area contributed by atoms with Gasteiger partial charge in [-0.05, 0) is 78.7 Å². The Morgan fingerprint density at radius 2 is 1.83 bits per heavy atom. The number of benzene rings is 2. The minimum atomic E-state index is -4.98. The van der Waals surface area contributed by atoms with Crippen LogP contribution in [0.1, 0.15) is 62.5 Å². The van der Waals surface area contributed by atoms with Crippen molar-refractivity contribution in [2.45, 2.75) is 64.1 Å². The summed E-state index contributed by atoms with van der Waals surface area (Å²) in [5.74, 6) is -0.755. The van der Waals surface area contributed by atoms with Crippen LogP contribution in [0.15, 0.2) is 30.3 Å². The third-order valence-corrected chi connectivity index (χ3v) is 6.70. The second-order valence-electron chi connectivity index (χ2n) is 8.56. The Balaban J connectivity index is 1.61. The smallest absolute Gasteiger partial charge is 0.403 e. The van der Waals surface area contributed by atoms with Crippen molar-refractivity contribution in [3.05, 3.63) is 53.1 Å². The first-order chi connectivity index (χ1) is 14.3. The summed E-state index contributed by atoms with van der Waals surface area (Å²) in [5.41, 5.74) is 2.15. The van der Waals surface area contributed by atoms with E-state index in [1.807, 2.05) is 6.07 Å². The van der Waals surface area contributed by atoms with Crippen LogP contribution in [-0.2, 0) is 6.42 Å². The molecule has 1 nitrogen and oxygen atoms in total. The quantitative estimate of drug-likeness (QED) is 0.456. The van der Waals surface area contributed by atoms with Crippen LogP contribution in [0.25, 0.3) is 11.1 Å². The molecule has 2 aliphatic rings. The molecule has 0 amide bonds. The first-order valence-electron chi connectivity index (χ1n) is 10.6. The number of hydrogen-bond acceptors (Lipinski definition) is 1. The van der Waals surface area contributed by atoms with Crippen LogP contribution in [0.5, 0.6) is 5.75 Å². The molecule has 30 heavy (non-hydrogen) atoms. The lowest BCUT2D eigenvalue weighted by atomic mass is 9.64. The minimum Gasteiger partial charge on any atom is -0.403 e. The summed E-state index contributed by atoms with van der Waals surface area (Å²) in [6.07, 6.45) is 2.50. The Morgan fingerprint density at radius 3 is 2.53 bits per heavy atom. The third kappa shape index (κ3) is 4.19. The van der Waals surface area contributed by atoms with Crippen molar-refractivity contribution in [3.8, 4) is 16.9 Å². The van der Waals surface area contributed by atoms with Gasteiger partial charge < -0.3 is 4.74 Å². The van der Waals surface area contributed by atoms with Crippen LogP contribution in [0.3, 0.4) is 0 Å². The van der Waals surface area contributed by atoms with Gasteiger partial charge in [-0.2, -0.15) is 0 Å². The molecule has 3 atom stereocenters. The van der Waals surface area contributed by atoms with Crippen molar-refractivity contribution in [1.82, 2.24) is 0 Å². The maximum atomic E-state index is 15.4. The molecule has 0 N–H and O–H groups in total. The van der Waals surface area contributed by atoms with Crippen LogP contribution >= 0.6 is 0 Å². The molecule has 0 saturated heterocycles. The molecule has 0 spiro atoms. The fourth-order valence-corrected chi connectivity index (χ4v) is 5.43. The molecule has 2 aromatic rings. The average Bonchev–Trinajstić information content (AvgIpc) is 2.69. The average molecular weight is 424 g/mol. The Bertz CT molecular complexity index is 921. The third-order valence-electron chi connectivity index (χ3n) is 6.70.